The van der Waals surface area contributed by atoms with Crippen LogP contribution in [0.3, 0.4) is 0 Å². The number of nitrogens with zero attached hydrogens (tertiary/aromatic N) is 2. The minimum absolute atomic E-state index is 0.399. The molecule has 0 aliphatic carbocycles. The molecule has 16 heavy (non-hydrogen) atoms. The van der Waals surface area contributed by atoms with Crippen molar-refractivity contribution >= 4 is 11.9 Å². The number of rotatable bonds is 4. The maximum Gasteiger partial charge on any atom is 0.394 e. The Bertz CT molecular complexity index is 365. The number of hydrogen-bond donors (Lipinski definition) is 1. The molecule has 0 aliphatic heterocycles. The fourth-order valence-electron chi connectivity index (χ4n) is 1.35. The third-order valence-corrected chi connectivity index (χ3v) is 2.27. The topological polar surface area (TPSA) is 70.5 Å². The highest BCUT2D eigenvalue weighted by Gasteiger charge is 2.18. The molecule has 0 aromatic carbocycles. The van der Waals surface area contributed by atoms with Crippen LogP contribution < -0.4 is 0 Å². The Morgan fingerprint density at radius 2 is 2.00 bits per heavy atom. The minimum atomic E-state index is -1.41. The van der Waals surface area contributed by atoms with Gasteiger partial charge in [-0.1, -0.05) is 0 Å². The molecule has 0 saturated carbocycles. The van der Waals surface area contributed by atoms with Gasteiger partial charge in [-0.25, -0.2) is 4.79 Å². The number of carbonyl (C=O) groups excluding carboxylic acids is 1. The fourth-order valence-corrected chi connectivity index (χ4v) is 1.35. The molecule has 0 radical (unpaired) electrons. The zero-order valence-corrected chi connectivity index (χ0v) is 9.09. The predicted octanol–water partition coefficient (Wildman–Crippen LogP) is 0.557. The maximum atomic E-state index is 11.2. The lowest BCUT2D eigenvalue weighted by Gasteiger charge is -2.18. The second-order valence-electron chi connectivity index (χ2n) is 3.30. The normalized spacial score (nSPS) is 9.81. The first-order chi connectivity index (χ1) is 7.65. The first-order valence-corrected chi connectivity index (χ1v) is 5.06. The van der Waals surface area contributed by atoms with Crippen molar-refractivity contribution in [2.75, 3.05) is 13.1 Å². The molecular formula is C11H14N2O3. The first kappa shape index (κ1) is 12.2. The van der Waals surface area contributed by atoms with Crippen LogP contribution >= 0.6 is 0 Å². The number of carboxylic acid groups (broad SMARTS) is 1. The van der Waals surface area contributed by atoms with E-state index in [-0.39, 0.29) is 0 Å². The summed E-state index contributed by atoms with van der Waals surface area (Å²) in [7, 11) is 0. The van der Waals surface area contributed by atoms with Gasteiger partial charge >= 0.3 is 11.9 Å². The van der Waals surface area contributed by atoms with Crippen molar-refractivity contribution in [3.05, 3.63) is 30.1 Å². The maximum absolute atomic E-state index is 11.2. The van der Waals surface area contributed by atoms with Gasteiger partial charge in [0, 0.05) is 25.5 Å². The molecule has 5 nitrogen and oxygen atoms in total. The Balaban J connectivity index is 2.52. The average Bonchev–Trinajstić information content (AvgIpc) is 2.30. The molecule has 1 aromatic heterocycles. The molecule has 0 aliphatic rings. The van der Waals surface area contributed by atoms with Crippen LogP contribution in [0.25, 0.3) is 0 Å². The Morgan fingerprint density at radius 3 is 2.50 bits per heavy atom. The number of aliphatic carboxylic acids is 1. The molecule has 1 heterocycles. The van der Waals surface area contributed by atoms with E-state index < -0.39 is 11.9 Å². The molecule has 1 rings (SSSR count). The first-order valence-electron chi connectivity index (χ1n) is 5.06. The zero-order chi connectivity index (χ0) is 12.0. The molecule has 0 atom stereocenters. The molecule has 5 heteroatoms. The highest BCUT2D eigenvalue weighted by molar-refractivity contribution is 6.31. The van der Waals surface area contributed by atoms with Crippen LogP contribution in [-0.4, -0.2) is 40.0 Å². The Labute approximate surface area is 93.7 Å². The third-order valence-electron chi connectivity index (χ3n) is 2.27. The van der Waals surface area contributed by atoms with E-state index in [1.807, 2.05) is 12.1 Å². The summed E-state index contributed by atoms with van der Waals surface area (Å²) in [4.78, 5) is 26.9. The van der Waals surface area contributed by atoms with E-state index in [4.69, 9.17) is 5.11 Å². The monoisotopic (exact) mass is 222 g/mol. The van der Waals surface area contributed by atoms with Gasteiger partial charge in [-0.15, -0.1) is 0 Å². The van der Waals surface area contributed by atoms with Gasteiger partial charge in [-0.3, -0.25) is 9.78 Å². The lowest BCUT2D eigenvalue weighted by molar-refractivity contribution is -0.155. The highest BCUT2D eigenvalue weighted by Crippen LogP contribution is 2.00. The van der Waals surface area contributed by atoms with Gasteiger partial charge in [0.25, 0.3) is 0 Å². The number of pyridine rings is 1. The summed E-state index contributed by atoms with van der Waals surface area (Å²) < 4.78 is 0. The van der Waals surface area contributed by atoms with Crippen LogP contribution in [0.2, 0.25) is 0 Å². The number of hydrogen-bond acceptors (Lipinski definition) is 3. The number of carbonyl (C=O) groups is 2. The second-order valence-corrected chi connectivity index (χ2v) is 3.30. The number of aromatic nitrogens is 1. The molecule has 1 aromatic rings. The lowest BCUT2D eigenvalue weighted by Crippen LogP contribution is -2.37. The summed E-state index contributed by atoms with van der Waals surface area (Å²) in [6, 6.07) is 3.69. The van der Waals surface area contributed by atoms with Crippen LogP contribution in [0.15, 0.2) is 24.5 Å². The summed E-state index contributed by atoms with van der Waals surface area (Å²) in [5.74, 6) is -2.26. The number of carboxylic acids is 1. The van der Waals surface area contributed by atoms with Gasteiger partial charge in [-0.2, -0.15) is 0 Å². The van der Waals surface area contributed by atoms with E-state index in [9.17, 15) is 9.59 Å². The average molecular weight is 222 g/mol. The van der Waals surface area contributed by atoms with Crippen molar-refractivity contribution < 1.29 is 14.7 Å². The molecule has 1 amide bonds. The van der Waals surface area contributed by atoms with Gasteiger partial charge < -0.3 is 10.0 Å². The Morgan fingerprint density at radius 1 is 1.38 bits per heavy atom. The van der Waals surface area contributed by atoms with Gasteiger partial charge in [0.15, 0.2) is 0 Å². The number of likely N-dealkylation sites (N-methyl/N-ethyl adjacent to an activating group) is 1. The van der Waals surface area contributed by atoms with Crippen molar-refractivity contribution in [2.24, 2.45) is 0 Å². The summed E-state index contributed by atoms with van der Waals surface area (Å²) >= 11 is 0. The Kier molecular flexibility index (Phi) is 4.44. The van der Waals surface area contributed by atoms with Gasteiger partial charge in [0.1, 0.15) is 0 Å². The minimum Gasteiger partial charge on any atom is -0.474 e. The molecule has 86 valence electrons. The van der Waals surface area contributed by atoms with E-state index in [1.165, 1.54) is 4.90 Å². The molecule has 0 bridgehead atoms. The highest BCUT2D eigenvalue weighted by atomic mass is 16.4. The van der Waals surface area contributed by atoms with E-state index >= 15 is 0 Å². The van der Waals surface area contributed by atoms with Crippen LogP contribution in [-0.2, 0) is 16.0 Å². The smallest absolute Gasteiger partial charge is 0.394 e. The van der Waals surface area contributed by atoms with Crippen molar-refractivity contribution in [3.8, 4) is 0 Å². The Hall–Kier alpha value is -1.91. The van der Waals surface area contributed by atoms with Crippen molar-refractivity contribution in [1.82, 2.24) is 9.88 Å². The zero-order valence-electron chi connectivity index (χ0n) is 9.09. The molecule has 0 spiro atoms. The third kappa shape index (κ3) is 3.34. The van der Waals surface area contributed by atoms with Gasteiger partial charge in [-0.05, 0) is 31.0 Å². The van der Waals surface area contributed by atoms with Gasteiger partial charge in [0.05, 0.1) is 0 Å². The largest absolute Gasteiger partial charge is 0.474 e. The van der Waals surface area contributed by atoms with Crippen molar-refractivity contribution in [1.29, 1.82) is 0 Å². The van der Waals surface area contributed by atoms with E-state index in [0.29, 0.717) is 19.5 Å². The van der Waals surface area contributed by atoms with Crippen LogP contribution in [0, 0.1) is 0 Å². The fraction of sp³-hybridized carbons (Fsp3) is 0.364. The standard InChI is InChI=1S/C11H14N2O3/c1-2-13(10(14)11(15)16)8-5-9-3-6-12-7-4-9/h3-4,6-7H,2,5,8H2,1H3,(H,15,16). The van der Waals surface area contributed by atoms with Crippen molar-refractivity contribution in [2.45, 2.75) is 13.3 Å². The molecular weight excluding hydrogens is 208 g/mol. The van der Waals surface area contributed by atoms with E-state index in [2.05, 4.69) is 4.98 Å². The summed E-state index contributed by atoms with van der Waals surface area (Å²) in [5.41, 5.74) is 1.03. The van der Waals surface area contributed by atoms with Crippen LogP contribution in [0.4, 0.5) is 0 Å². The molecule has 0 unspecified atom stereocenters. The van der Waals surface area contributed by atoms with E-state index in [1.54, 1.807) is 19.3 Å². The molecule has 0 fully saturated rings. The van der Waals surface area contributed by atoms with Crippen LogP contribution in [0.1, 0.15) is 12.5 Å². The molecule has 1 N–H and O–H groups in total. The van der Waals surface area contributed by atoms with Crippen molar-refractivity contribution in [3.63, 3.8) is 0 Å². The van der Waals surface area contributed by atoms with Crippen LogP contribution in [0.5, 0.6) is 0 Å². The summed E-state index contributed by atoms with van der Waals surface area (Å²) in [6.07, 6.45) is 3.98. The van der Waals surface area contributed by atoms with E-state index in [0.717, 1.165) is 5.56 Å². The molecule has 0 saturated heterocycles. The quantitative estimate of drug-likeness (QED) is 0.755. The second kappa shape index (κ2) is 5.85. The SMILES string of the molecule is CCN(CCc1ccncc1)C(=O)C(=O)O. The lowest BCUT2D eigenvalue weighted by atomic mass is 10.2. The van der Waals surface area contributed by atoms with Gasteiger partial charge in [0.2, 0.25) is 0 Å². The number of amides is 1. The summed E-state index contributed by atoms with van der Waals surface area (Å²) in [6.45, 7) is 2.56. The predicted molar refractivity (Wildman–Crippen MR) is 57.8 cm³/mol. The summed E-state index contributed by atoms with van der Waals surface area (Å²) in [5, 5.41) is 8.58.